The molecule has 0 aromatic carbocycles. The summed E-state index contributed by atoms with van der Waals surface area (Å²) in [4.78, 5) is 0. The van der Waals surface area contributed by atoms with Crippen LogP contribution in [0.4, 0.5) is 0 Å². The molecule has 0 heterocycles. The predicted octanol–water partition coefficient (Wildman–Crippen LogP) is 5.09. The number of hydrogen-bond acceptors (Lipinski definition) is 0. The Morgan fingerprint density at radius 1 is 0.647 bits per heavy atom. The summed E-state index contributed by atoms with van der Waals surface area (Å²) in [6, 6.07) is 0. The molecule has 0 bridgehead atoms. The van der Waals surface area contributed by atoms with Gasteiger partial charge in [-0.25, -0.2) is 5.32 Å². The second-order valence-corrected chi connectivity index (χ2v) is 4.84. The number of rotatable bonds is 13. The van der Waals surface area contributed by atoms with Crippen molar-refractivity contribution in [2.24, 2.45) is 0 Å². The highest BCUT2D eigenvalue weighted by atomic mass is 14.8. The molecule has 1 heteroatoms. The lowest BCUT2D eigenvalue weighted by atomic mass is 10.1. The lowest BCUT2D eigenvalue weighted by molar-refractivity contribution is 0.568. The van der Waals surface area contributed by atoms with Crippen molar-refractivity contribution in [2.75, 3.05) is 13.1 Å². The summed E-state index contributed by atoms with van der Waals surface area (Å²) in [5, 5.41) is 4.55. The molecule has 1 nitrogen and oxygen atoms in total. The average molecular weight is 238 g/mol. The number of hydrogen-bond donors (Lipinski definition) is 0. The van der Waals surface area contributed by atoms with Gasteiger partial charge in [0.05, 0.1) is 0 Å². The van der Waals surface area contributed by atoms with Gasteiger partial charge < -0.3 is 0 Å². The Morgan fingerprint density at radius 2 is 1.24 bits per heavy atom. The zero-order valence-corrected chi connectivity index (χ0v) is 12.1. The van der Waals surface area contributed by atoms with Crippen LogP contribution in [0.5, 0.6) is 0 Å². The van der Waals surface area contributed by atoms with Gasteiger partial charge in [0.25, 0.3) is 0 Å². The second kappa shape index (κ2) is 15.7. The van der Waals surface area contributed by atoms with E-state index < -0.39 is 0 Å². The molecule has 1 radical (unpaired) electrons. The molecule has 0 aliphatic carbocycles. The predicted molar refractivity (Wildman–Crippen MR) is 78.5 cm³/mol. The molecule has 0 aromatic heterocycles. The highest BCUT2D eigenvalue weighted by molar-refractivity contribution is 4.81. The van der Waals surface area contributed by atoms with Gasteiger partial charge in [0.15, 0.2) is 0 Å². The van der Waals surface area contributed by atoms with Crippen LogP contribution in [0.15, 0.2) is 12.2 Å². The van der Waals surface area contributed by atoms with Crippen molar-refractivity contribution in [2.45, 2.75) is 78.1 Å². The Kier molecular flexibility index (Phi) is 15.4. The van der Waals surface area contributed by atoms with Gasteiger partial charge in [0.1, 0.15) is 0 Å². The quantitative estimate of drug-likeness (QED) is 0.313. The molecule has 0 aliphatic heterocycles. The molecule has 0 rings (SSSR count). The van der Waals surface area contributed by atoms with Crippen molar-refractivity contribution in [1.82, 2.24) is 5.32 Å². The molecule has 0 aliphatic rings. The molecule has 0 amide bonds. The third-order valence-corrected chi connectivity index (χ3v) is 3.00. The number of allylic oxidation sites excluding steroid dienone is 2. The topological polar surface area (TPSA) is 14.1 Å². The van der Waals surface area contributed by atoms with Gasteiger partial charge in [-0.15, -0.1) is 0 Å². The van der Waals surface area contributed by atoms with Gasteiger partial charge in [-0.1, -0.05) is 58.1 Å². The minimum absolute atomic E-state index is 1.09. The molecule has 0 spiro atoms. The first-order valence-electron chi connectivity index (χ1n) is 7.70. The van der Waals surface area contributed by atoms with Crippen molar-refractivity contribution in [3.63, 3.8) is 0 Å². The molecule has 0 aromatic rings. The summed E-state index contributed by atoms with van der Waals surface area (Å²) >= 11 is 0. The van der Waals surface area contributed by atoms with Gasteiger partial charge in [0.2, 0.25) is 0 Å². The fraction of sp³-hybridized carbons (Fsp3) is 0.875. The Balaban J connectivity index is 2.96. The fourth-order valence-electron chi connectivity index (χ4n) is 1.81. The summed E-state index contributed by atoms with van der Waals surface area (Å²) in [5.41, 5.74) is 0. The maximum atomic E-state index is 4.55. The molecule has 17 heavy (non-hydrogen) atoms. The van der Waals surface area contributed by atoms with Gasteiger partial charge >= 0.3 is 0 Å². The zero-order valence-electron chi connectivity index (χ0n) is 12.1. The van der Waals surface area contributed by atoms with E-state index in [0.29, 0.717) is 0 Å². The summed E-state index contributed by atoms with van der Waals surface area (Å²) < 4.78 is 0. The van der Waals surface area contributed by atoms with Crippen LogP contribution >= 0.6 is 0 Å². The first kappa shape index (κ1) is 16.7. The van der Waals surface area contributed by atoms with Crippen LogP contribution in [0, 0.1) is 0 Å². The van der Waals surface area contributed by atoms with Crippen molar-refractivity contribution < 1.29 is 0 Å². The van der Waals surface area contributed by atoms with E-state index in [1.54, 1.807) is 0 Å². The van der Waals surface area contributed by atoms with Crippen LogP contribution in [0.25, 0.3) is 0 Å². The minimum Gasteiger partial charge on any atom is -0.242 e. The van der Waals surface area contributed by atoms with Crippen LogP contribution < -0.4 is 5.32 Å². The molecular formula is C16H32N. The molecule has 0 fully saturated rings. The summed E-state index contributed by atoms with van der Waals surface area (Å²) in [6.45, 7) is 6.67. The normalized spacial score (nSPS) is 11.4. The SMILES string of the molecule is CCCC/C=C/CCCCC[N]CCCCC. The monoisotopic (exact) mass is 238 g/mol. The van der Waals surface area contributed by atoms with Gasteiger partial charge in [-0.2, -0.15) is 0 Å². The van der Waals surface area contributed by atoms with E-state index in [2.05, 4.69) is 31.3 Å². The highest BCUT2D eigenvalue weighted by Gasteiger charge is 1.90. The van der Waals surface area contributed by atoms with Gasteiger partial charge in [-0.3, -0.25) is 0 Å². The molecule has 101 valence electrons. The van der Waals surface area contributed by atoms with E-state index in [-0.39, 0.29) is 0 Å². The smallest absolute Gasteiger partial charge is 0.0133 e. The largest absolute Gasteiger partial charge is 0.242 e. The Bertz CT molecular complexity index is 152. The van der Waals surface area contributed by atoms with Crippen LogP contribution in [-0.4, -0.2) is 13.1 Å². The minimum atomic E-state index is 1.09. The molecule has 0 unspecified atom stereocenters. The lowest BCUT2D eigenvalue weighted by Crippen LogP contribution is -2.08. The van der Waals surface area contributed by atoms with E-state index in [9.17, 15) is 0 Å². The molecule has 0 saturated carbocycles. The molecule has 0 atom stereocenters. The molecule has 0 saturated heterocycles. The van der Waals surface area contributed by atoms with Crippen LogP contribution in [-0.2, 0) is 0 Å². The lowest BCUT2D eigenvalue weighted by Gasteiger charge is -2.01. The van der Waals surface area contributed by atoms with Crippen LogP contribution in [0.1, 0.15) is 78.1 Å². The molecular weight excluding hydrogens is 206 g/mol. The second-order valence-electron chi connectivity index (χ2n) is 4.84. The van der Waals surface area contributed by atoms with Crippen molar-refractivity contribution in [3.05, 3.63) is 12.2 Å². The van der Waals surface area contributed by atoms with E-state index in [1.807, 2.05) is 0 Å². The van der Waals surface area contributed by atoms with Crippen molar-refractivity contribution in [1.29, 1.82) is 0 Å². The number of unbranched alkanes of at least 4 members (excludes halogenated alkanes) is 7. The first-order valence-corrected chi connectivity index (χ1v) is 7.70. The standard InChI is InChI=1S/C16H32N/c1-3-5-7-8-9-10-11-12-14-16-17-15-13-6-4-2/h8-9H,3-7,10-16H2,1-2H3/b9-8+. The van der Waals surface area contributed by atoms with Gasteiger partial charge in [-0.05, 0) is 32.1 Å². The zero-order chi connectivity index (χ0) is 12.6. The van der Waals surface area contributed by atoms with Crippen molar-refractivity contribution >= 4 is 0 Å². The van der Waals surface area contributed by atoms with Crippen LogP contribution in [0.2, 0.25) is 0 Å². The summed E-state index contributed by atoms with van der Waals surface area (Å²) in [7, 11) is 0. The molecule has 0 N–H and O–H groups in total. The summed E-state index contributed by atoms with van der Waals surface area (Å²) in [6.07, 6.45) is 17.8. The van der Waals surface area contributed by atoms with Crippen molar-refractivity contribution in [3.8, 4) is 0 Å². The fourth-order valence-corrected chi connectivity index (χ4v) is 1.81. The average Bonchev–Trinajstić information content (AvgIpc) is 2.35. The Morgan fingerprint density at radius 3 is 1.88 bits per heavy atom. The van der Waals surface area contributed by atoms with Crippen LogP contribution in [0.3, 0.4) is 0 Å². The third kappa shape index (κ3) is 15.7. The maximum absolute atomic E-state index is 4.55. The Labute approximate surface area is 109 Å². The number of nitrogens with zero attached hydrogens (tertiary/aromatic N) is 1. The Hall–Kier alpha value is -0.300. The first-order chi connectivity index (χ1) is 8.41. The van der Waals surface area contributed by atoms with E-state index >= 15 is 0 Å². The maximum Gasteiger partial charge on any atom is 0.0133 e. The summed E-state index contributed by atoms with van der Waals surface area (Å²) in [5.74, 6) is 0. The van der Waals surface area contributed by atoms with E-state index in [4.69, 9.17) is 0 Å². The van der Waals surface area contributed by atoms with E-state index in [0.717, 1.165) is 13.1 Å². The van der Waals surface area contributed by atoms with Gasteiger partial charge in [0, 0.05) is 13.1 Å². The third-order valence-electron chi connectivity index (χ3n) is 3.00. The highest BCUT2D eigenvalue weighted by Crippen LogP contribution is 2.02. The van der Waals surface area contributed by atoms with E-state index in [1.165, 1.54) is 64.2 Å².